The number of nitrogens with one attached hydrogen (secondary N) is 2. The van der Waals surface area contributed by atoms with E-state index in [0.717, 1.165) is 16.8 Å². The molecule has 28 heavy (non-hydrogen) atoms. The zero-order chi connectivity index (χ0) is 20.1. The van der Waals surface area contributed by atoms with Crippen molar-refractivity contribution in [1.82, 2.24) is 15.3 Å². The third-order valence-corrected chi connectivity index (χ3v) is 4.55. The van der Waals surface area contributed by atoms with Crippen molar-refractivity contribution in [3.63, 3.8) is 0 Å². The Bertz CT molecular complexity index is 986. The Morgan fingerprint density at radius 1 is 1.04 bits per heavy atom. The Morgan fingerprint density at radius 3 is 2.54 bits per heavy atom. The maximum atomic E-state index is 12.9. The lowest BCUT2D eigenvalue weighted by Crippen LogP contribution is -2.27. The van der Waals surface area contributed by atoms with Gasteiger partial charge in [0.1, 0.15) is 23.2 Å². The normalized spacial score (nSPS) is 10.6. The molecule has 0 atom stereocenters. The Morgan fingerprint density at radius 2 is 1.79 bits per heavy atom. The van der Waals surface area contributed by atoms with Crippen molar-refractivity contribution < 1.29 is 9.18 Å². The van der Waals surface area contributed by atoms with Crippen LogP contribution >= 0.6 is 0 Å². The van der Waals surface area contributed by atoms with Crippen LogP contribution in [0.3, 0.4) is 0 Å². The highest BCUT2D eigenvalue weighted by atomic mass is 19.1. The molecule has 1 amide bonds. The van der Waals surface area contributed by atoms with Gasteiger partial charge in [-0.05, 0) is 62.1 Å². The largest absolute Gasteiger partial charge is 0.350 e. The lowest BCUT2D eigenvalue weighted by atomic mass is 10.1. The van der Waals surface area contributed by atoms with Crippen molar-refractivity contribution in [2.75, 3.05) is 11.9 Å². The van der Waals surface area contributed by atoms with Gasteiger partial charge in [-0.15, -0.1) is 0 Å². The topological polar surface area (TPSA) is 66.9 Å². The third-order valence-electron chi connectivity index (χ3n) is 4.55. The molecule has 0 spiro atoms. The molecule has 0 aliphatic rings. The lowest BCUT2D eigenvalue weighted by molar-refractivity contribution is 0.0949. The predicted octanol–water partition coefficient (Wildman–Crippen LogP) is 4.26. The number of nitrogens with zero attached hydrogens (tertiary/aromatic N) is 2. The minimum atomic E-state index is -0.270. The molecule has 1 aromatic heterocycles. The second-order valence-electron chi connectivity index (χ2n) is 6.69. The summed E-state index contributed by atoms with van der Waals surface area (Å²) in [7, 11) is 0. The predicted molar refractivity (Wildman–Crippen MR) is 108 cm³/mol. The van der Waals surface area contributed by atoms with Crippen LogP contribution in [0.5, 0.6) is 0 Å². The summed E-state index contributed by atoms with van der Waals surface area (Å²) in [5, 5.41) is 6.12. The number of aromatic nitrogens is 2. The summed E-state index contributed by atoms with van der Waals surface area (Å²) in [6, 6.07) is 13.9. The van der Waals surface area contributed by atoms with Crippen molar-refractivity contribution in [2.45, 2.75) is 27.2 Å². The molecule has 0 unspecified atom stereocenters. The van der Waals surface area contributed by atoms with Crippen LogP contribution < -0.4 is 10.6 Å². The summed E-state index contributed by atoms with van der Waals surface area (Å²) in [6.45, 7) is 6.28. The molecule has 0 fully saturated rings. The molecule has 2 aromatic carbocycles. The van der Waals surface area contributed by atoms with Crippen LogP contribution in [0.4, 0.5) is 15.9 Å². The van der Waals surface area contributed by atoms with Crippen molar-refractivity contribution in [1.29, 1.82) is 0 Å². The van der Waals surface area contributed by atoms with Gasteiger partial charge in [0.25, 0.3) is 5.91 Å². The number of hydrogen-bond acceptors (Lipinski definition) is 4. The third kappa shape index (κ3) is 4.91. The number of benzene rings is 2. The van der Waals surface area contributed by atoms with Crippen LogP contribution in [-0.2, 0) is 6.42 Å². The first-order chi connectivity index (χ1) is 13.4. The van der Waals surface area contributed by atoms with E-state index in [-0.39, 0.29) is 11.7 Å². The Balaban J connectivity index is 1.67. The second kappa shape index (κ2) is 8.61. The summed E-state index contributed by atoms with van der Waals surface area (Å²) in [5.41, 5.74) is 4.51. The molecule has 0 aliphatic carbocycles. The molecule has 3 rings (SSSR count). The van der Waals surface area contributed by atoms with E-state index in [1.165, 1.54) is 17.7 Å². The Kier molecular flexibility index (Phi) is 5.99. The van der Waals surface area contributed by atoms with Crippen LogP contribution in [-0.4, -0.2) is 22.4 Å². The number of hydrogen-bond donors (Lipinski definition) is 2. The quantitative estimate of drug-likeness (QED) is 0.673. The van der Waals surface area contributed by atoms with Gasteiger partial charge >= 0.3 is 0 Å². The monoisotopic (exact) mass is 378 g/mol. The molecular weight excluding hydrogens is 355 g/mol. The van der Waals surface area contributed by atoms with Crippen molar-refractivity contribution in [3.8, 4) is 0 Å². The Labute approximate surface area is 164 Å². The van der Waals surface area contributed by atoms with E-state index in [9.17, 15) is 9.18 Å². The average Bonchev–Trinajstić information content (AvgIpc) is 2.66. The number of anilines is 2. The van der Waals surface area contributed by atoms with E-state index in [1.807, 2.05) is 32.0 Å². The highest BCUT2D eigenvalue weighted by Crippen LogP contribution is 2.22. The first kappa shape index (κ1) is 19.5. The standard InChI is InChI=1S/C22H23FN4O/c1-14-5-4-6-19(15(14)2)27-21-13-20(25-16(3)26-21)22(28)24-12-11-17-7-9-18(23)10-8-17/h4-10,13H,11-12H2,1-3H3,(H,24,28)(H,25,26,27). The molecular formula is C22H23FN4O. The van der Waals surface area contributed by atoms with E-state index >= 15 is 0 Å². The van der Waals surface area contributed by atoms with Crippen LogP contribution in [0.1, 0.15) is 33.0 Å². The summed E-state index contributed by atoms with van der Waals surface area (Å²) >= 11 is 0. The summed E-state index contributed by atoms with van der Waals surface area (Å²) in [6.07, 6.45) is 0.615. The smallest absolute Gasteiger partial charge is 0.270 e. The Hall–Kier alpha value is -3.28. The molecule has 2 N–H and O–H groups in total. The van der Waals surface area contributed by atoms with Crippen molar-refractivity contribution in [2.24, 2.45) is 0 Å². The maximum Gasteiger partial charge on any atom is 0.270 e. The number of rotatable bonds is 6. The molecule has 0 saturated heterocycles. The van der Waals surface area contributed by atoms with Crippen LogP contribution in [0.25, 0.3) is 0 Å². The molecule has 0 radical (unpaired) electrons. The van der Waals surface area contributed by atoms with Crippen LogP contribution in [0, 0.1) is 26.6 Å². The summed E-state index contributed by atoms with van der Waals surface area (Å²) in [5.74, 6) is 0.550. The summed E-state index contributed by atoms with van der Waals surface area (Å²) < 4.78 is 12.9. The minimum absolute atomic E-state index is 0.267. The van der Waals surface area contributed by atoms with Gasteiger partial charge in [0.2, 0.25) is 0 Å². The zero-order valence-corrected chi connectivity index (χ0v) is 16.2. The van der Waals surface area contributed by atoms with E-state index < -0.39 is 0 Å². The van der Waals surface area contributed by atoms with Gasteiger partial charge in [0, 0.05) is 18.3 Å². The van der Waals surface area contributed by atoms with Gasteiger partial charge in [-0.1, -0.05) is 24.3 Å². The fraction of sp³-hybridized carbons (Fsp3) is 0.227. The number of carbonyl (C=O) groups is 1. The molecule has 0 saturated carbocycles. The fourth-order valence-corrected chi connectivity index (χ4v) is 2.83. The SMILES string of the molecule is Cc1nc(Nc2cccc(C)c2C)cc(C(=O)NCCc2ccc(F)cc2)n1. The molecule has 144 valence electrons. The first-order valence-electron chi connectivity index (χ1n) is 9.14. The molecule has 1 heterocycles. The fourth-order valence-electron chi connectivity index (χ4n) is 2.83. The van der Waals surface area contributed by atoms with Crippen LogP contribution in [0.15, 0.2) is 48.5 Å². The zero-order valence-electron chi connectivity index (χ0n) is 16.2. The molecule has 3 aromatic rings. The number of carbonyl (C=O) groups excluding carboxylic acids is 1. The molecule has 0 aliphatic heterocycles. The van der Waals surface area contributed by atoms with E-state index in [1.54, 1.807) is 25.1 Å². The van der Waals surface area contributed by atoms with Crippen LogP contribution in [0.2, 0.25) is 0 Å². The van der Waals surface area contributed by atoms with Gasteiger partial charge in [0.05, 0.1) is 0 Å². The van der Waals surface area contributed by atoms with Gasteiger partial charge < -0.3 is 10.6 Å². The number of amides is 1. The minimum Gasteiger partial charge on any atom is -0.350 e. The van der Waals surface area contributed by atoms with E-state index in [4.69, 9.17) is 0 Å². The maximum absolute atomic E-state index is 12.9. The van der Waals surface area contributed by atoms with E-state index in [0.29, 0.717) is 30.3 Å². The lowest BCUT2D eigenvalue weighted by Gasteiger charge is -2.12. The number of halogens is 1. The first-order valence-corrected chi connectivity index (χ1v) is 9.14. The van der Waals surface area contributed by atoms with E-state index in [2.05, 4.69) is 20.6 Å². The van der Waals surface area contributed by atoms with Gasteiger partial charge in [-0.3, -0.25) is 4.79 Å². The molecule has 5 nitrogen and oxygen atoms in total. The second-order valence-corrected chi connectivity index (χ2v) is 6.69. The average molecular weight is 378 g/mol. The van der Waals surface area contributed by atoms with Crippen molar-refractivity contribution >= 4 is 17.4 Å². The van der Waals surface area contributed by atoms with Gasteiger partial charge in [0.15, 0.2) is 0 Å². The number of aryl methyl sites for hydroxylation is 2. The highest BCUT2D eigenvalue weighted by molar-refractivity contribution is 5.93. The van der Waals surface area contributed by atoms with Gasteiger partial charge in [-0.2, -0.15) is 0 Å². The van der Waals surface area contributed by atoms with Crippen molar-refractivity contribution in [3.05, 3.63) is 82.6 Å². The summed E-state index contributed by atoms with van der Waals surface area (Å²) in [4.78, 5) is 21.1. The van der Waals surface area contributed by atoms with Gasteiger partial charge in [-0.25, -0.2) is 14.4 Å². The molecule has 0 bridgehead atoms. The molecule has 6 heteroatoms. The highest BCUT2D eigenvalue weighted by Gasteiger charge is 2.11.